The fourth-order valence-corrected chi connectivity index (χ4v) is 1.93. The molecule has 0 bridgehead atoms. The molecule has 2 aromatic rings. The molecule has 1 amide bonds. The molecule has 2 aromatic carbocycles. The van der Waals surface area contributed by atoms with E-state index in [4.69, 9.17) is 11.6 Å². The second kappa shape index (κ2) is 5.92. The number of halogens is 2. The van der Waals surface area contributed by atoms with Gasteiger partial charge in [0.05, 0.1) is 10.7 Å². The molecule has 0 aliphatic heterocycles. The van der Waals surface area contributed by atoms with Crippen LogP contribution in [0.4, 0.5) is 15.8 Å². The lowest BCUT2D eigenvalue weighted by atomic mass is 10.1. The summed E-state index contributed by atoms with van der Waals surface area (Å²) in [5.41, 5.74) is 1.81. The van der Waals surface area contributed by atoms with Crippen molar-refractivity contribution < 1.29 is 9.18 Å². The highest BCUT2D eigenvalue weighted by molar-refractivity contribution is 6.33. The molecule has 0 saturated heterocycles. The van der Waals surface area contributed by atoms with Crippen molar-refractivity contribution in [2.24, 2.45) is 0 Å². The normalized spacial score (nSPS) is 10.2. The molecule has 0 saturated carbocycles. The summed E-state index contributed by atoms with van der Waals surface area (Å²) >= 11 is 5.88. The molecule has 3 nitrogen and oxygen atoms in total. The van der Waals surface area contributed by atoms with Gasteiger partial charge < -0.3 is 10.2 Å². The largest absolute Gasteiger partial charge is 0.378 e. The molecule has 0 radical (unpaired) electrons. The zero-order valence-electron chi connectivity index (χ0n) is 11.2. The van der Waals surface area contributed by atoms with Crippen LogP contribution in [0.15, 0.2) is 42.5 Å². The first-order chi connectivity index (χ1) is 9.47. The van der Waals surface area contributed by atoms with Gasteiger partial charge >= 0.3 is 0 Å². The average molecular weight is 293 g/mol. The Labute approximate surface area is 122 Å². The van der Waals surface area contributed by atoms with Crippen molar-refractivity contribution in [1.29, 1.82) is 0 Å². The van der Waals surface area contributed by atoms with Crippen LogP contribution in [0.25, 0.3) is 0 Å². The van der Waals surface area contributed by atoms with Crippen LogP contribution in [0.2, 0.25) is 5.02 Å². The Balaban J connectivity index is 2.21. The van der Waals surface area contributed by atoms with Crippen molar-refractivity contribution in [3.63, 3.8) is 0 Å². The summed E-state index contributed by atoms with van der Waals surface area (Å²) in [5, 5.41) is 2.83. The van der Waals surface area contributed by atoms with Crippen molar-refractivity contribution in [1.82, 2.24) is 0 Å². The van der Waals surface area contributed by atoms with Crippen LogP contribution in [-0.4, -0.2) is 20.0 Å². The summed E-state index contributed by atoms with van der Waals surface area (Å²) < 4.78 is 12.9. The quantitative estimate of drug-likeness (QED) is 0.933. The summed E-state index contributed by atoms with van der Waals surface area (Å²) in [6.45, 7) is 0. The molecule has 0 heterocycles. The molecule has 20 heavy (non-hydrogen) atoms. The van der Waals surface area contributed by atoms with Gasteiger partial charge in [-0.15, -0.1) is 0 Å². The highest BCUT2D eigenvalue weighted by Crippen LogP contribution is 2.23. The zero-order valence-corrected chi connectivity index (χ0v) is 11.9. The number of nitrogens with zero attached hydrogens (tertiary/aromatic N) is 1. The summed E-state index contributed by atoms with van der Waals surface area (Å²) in [7, 11) is 3.79. The molecule has 0 aromatic heterocycles. The van der Waals surface area contributed by atoms with Crippen LogP contribution < -0.4 is 10.2 Å². The third kappa shape index (κ3) is 3.27. The number of rotatable bonds is 3. The van der Waals surface area contributed by atoms with Crippen LogP contribution >= 0.6 is 11.6 Å². The fourth-order valence-electron chi connectivity index (χ4n) is 1.71. The van der Waals surface area contributed by atoms with Gasteiger partial charge in [-0.3, -0.25) is 4.79 Å². The van der Waals surface area contributed by atoms with Gasteiger partial charge in [-0.1, -0.05) is 17.7 Å². The number of hydrogen-bond donors (Lipinski definition) is 1. The molecule has 0 atom stereocenters. The zero-order chi connectivity index (χ0) is 14.7. The number of amides is 1. The minimum atomic E-state index is -0.442. The van der Waals surface area contributed by atoms with Gasteiger partial charge in [0.25, 0.3) is 5.91 Å². The van der Waals surface area contributed by atoms with Gasteiger partial charge in [-0.25, -0.2) is 4.39 Å². The van der Waals surface area contributed by atoms with E-state index in [-0.39, 0.29) is 10.9 Å². The number of nitrogens with one attached hydrogen (secondary N) is 1. The second-order valence-corrected chi connectivity index (χ2v) is 4.93. The molecular formula is C15H14ClFN2O. The van der Waals surface area contributed by atoms with Crippen molar-refractivity contribution in [2.45, 2.75) is 0 Å². The van der Waals surface area contributed by atoms with E-state index in [1.165, 1.54) is 12.1 Å². The number of anilines is 2. The van der Waals surface area contributed by atoms with E-state index in [9.17, 15) is 9.18 Å². The smallest absolute Gasteiger partial charge is 0.255 e. The van der Waals surface area contributed by atoms with Gasteiger partial charge in [-0.2, -0.15) is 0 Å². The van der Waals surface area contributed by atoms with Gasteiger partial charge in [0.2, 0.25) is 0 Å². The number of carbonyl (C=O) groups is 1. The Kier molecular flexibility index (Phi) is 4.25. The average Bonchev–Trinajstić information content (AvgIpc) is 2.42. The van der Waals surface area contributed by atoms with E-state index in [1.807, 2.05) is 25.1 Å². The molecule has 0 aliphatic carbocycles. The number of benzene rings is 2. The molecule has 0 fully saturated rings. The van der Waals surface area contributed by atoms with Gasteiger partial charge in [0.15, 0.2) is 0 Å². The summed E-state index contributed by atoms with van der Waals surface area (Å²) in [5.74, 6) is -0.732. The van der Waals surface area contributed by atoms with Crippen LogP contribution in [0.1, 0.15) is 10.4 Å². The maximum absolute atomic E-state index is 12.9. The van der Waals surface area contributed by atoms with Crippen LogP contribution in [0.3, 0.4) is 0 Å². The maximum atomic E-state index is 12.9. The Hall–Kier alpha value is -2.07. The van der Waals surface area contributed by atoms with Crippen LogP contribution in [0, 0.1) is 5.82 Å². The van der Waals surface area contributed by atoms with Crippen LogP contribution in [-0.2, 0) is 0 Å². The topological polar surface area (TPSA) is 32.3 Å². The predicted molar refractivity (Wildman–Crippen MR) is 80.1 cm³/mol. The Morgan fingerprint density at radius 2 is 1.95 bits per heavy atom. The number of carbonyl (C=O) groups excluding carboxylic acids is 1. The van der Waals surface area contributed by atoms with E-state index >= 15 is 0 Å². The summed E-state index contributed by atoms with van der Waals surface area (Å²) in [6, 6.07) is 11.0. The molecule has 0 unspecified atom stereocenters. The minimum absolute atomic E-state index is 0.169. The Morgan fingerprint density at radius 3 is 2.60 bits per heavy atom. The lowest BCUT2D eigenvalue weighted by Crippen LogP contribution is -2.14. The van der Waals surface area contributed by atoms with E-state index in [2.05, 4.69) is 5.32 Å². The highest BCUT2D eigenvalue weighted by atomic mass is 35.5. The van der Waals surface area contributed by atoms with Gasteiger partial charge in [-0.05, 0) is 36.4 Å². The second-order valence-electron chi connectivity index (χ2n) is 4.52. The van der Waals surface area contributed by atoms with Crippen molar-refractivity contribution in [2.75, 3.05) is 24.3 Å². The fraction of sp³-hybridized carbons (Fsp3) is 0.133. The lowest BCUT2D eigenvalue weighted by Gasteiger charge is -2.13. The molecule has 0 spiro atoms. The standard InChI is InChI=1S/C15H14ClFN2O/c1-19(2)12-5-3-4-10(8-12)15(20)18-14-7-6-11(17)9-13(14)16/h3-9H,1-2H3,(H,18,20). The predicted octanol–water partition coefficient (Wildman–Crippen LogP) is 3.80. The first-order valence-electron chi connectivity index (χ1n) is 6.01. The maximum Gasteiger partial charge on any atom is 0.255 e. The minimum Gasteiger partial charge on any atom is -0.378 e. The monoisotopic (exact) mass is 292 g/mol. The molecule has 0 aliphatic rings. The van der Waals surface area contributed by atoms with Crippen molar-refractivity contribution >= 4 is 28.9 Å². The molecular weight excluding hydrogens is 279 g/mol. The van der Waals surface area contributed by atoms with Gasteiger partial charge in [0, 0.05) is 25.3 Å². The van der Waals surface area contributed by atoms with Gasteiger partial charge in [0.1, 0.15) is 5.82 Å². The lowest BCUT2D eigenvalue weighted by molar-refractivity contribution is 0.102. The Bertz CT molecular complexity index is 644. The third-order valence-electron chi connectivity index (χ3n) is 2.80. The summed E-state index contributed by atoms with van der Waals surface area (Å²) in [6.07, 6.45) is 0. The molecule has 1 N–H and O–H groups in total. The van der Waals surface area contributed by atoms with E-state index in [1.54, 1.807) is 18.2 Å². The van der Waals surface area contributed by atoms with Crippen LogP contribution in [0.5, 0.6) is 0 Å². The first-order valence-corrected chi connectivity index (χ1v) is 6.39. The van der Waals surface area contributed by atoms with E-state index in [0.29, 0.717) is 11.3 Å². The molecule has 2 rings (SSSR count). The highest BCUT2D eigenvalue weighted by Gasteiger charge is 2.10. The van der Waals surface area contributed by atoms with E-state index < -0.39 is 5.82 Å². The van der Waals surface area contributed by atoms with Crippen molar-refractivity contribution in [3.05, 3.63) is 58.9 Å². The number of hydrogen-bond acceptors (Lipinski definition) is 2. The van der Waals surface area contributed by atoms with Crippen molar-refractivity contribution in [3.8, 4) is 0 Å². The summed E-state index contributed by atoms with van der Waals surface area (Å²) in [4.78, 5) is 14.0. The van der Waals surface area contributed by atoms with E-state index in [0.717, 1.165) is 11.8 Å². The molecule has 5 heteroatoms. The molecule has 104 valence electrons. The third-order valence-corrected chi connectivity index (χ3v) is 3.12. The Morgan fingerprint density at radius 1 is 1.20 bits per heavy atom. The SMILES string of the molecule is CN(C)c1cccc(C(=O)Nc2ccc(F)cc2Cl)c1. The first kappa shape index (κ1) is 14.3.